The zero-order valence-corrected chi connectivity index (χ0v) is 46.3. The molecule has 6 heteroatoms. The third-order valence-electron chi connectivity index (χ3n) is 13.6. The second-order valence-corrected chi connectivity index (χ2v) is 20.6. The van der Waals surface area contributed by atoms with Crippen LogP contribution in [0.4, 0.5) is 0 Å². The minimum Gasteiger partial charge on any atom is -0.462 e. The summed E-state index contributed by atoms with van der Waals surface area (Å²) in [5.74, 6) is -0.917. The SMILES string of the molecule is CCCCCCCC/C=C\C/C=C\C/C=C\CCCC(=O)O[C@@H](COC(=O)CCCCCCCCCCCCCCCCC)COC(=O)CCCCCCCCCCCCCCCCCCCCC. The fourth-order valence-corrected chi connectivity index (χ4v) is 9.05. The summed E-state index contributed by atoms with van der Waals surface area (Å²) in [6.07, 6.45) is 70.0. The number of ether oxygens (including phenoxy) is 3. The van der Waals surface area contributed by atoms with Crippen LogP contribution in [0.3, 0.4) is 0 Å². The molecule has 0 bridgehead atoms. The quantitative estimate of drug-likeness (QED) is 0.0261. The van der Waals surface area contributed by atoms with Crippen molar-refractivity contribution < 1.29 is 28.6 Å². The Morgan fingerprint density at radius 2 is 0.536 bits per heavy atom. The summed E-state index contributed by atoms with van der Waals surface area (Å²) < 4.78 is 16.9. The van der Waals surface area contributed by atoms with Crippen LogP contribution in [0.15, 0.2) is 36.5 Å². The molecule has 6 nitrogen and oxygen atoms in total. The van der Waals surface area contributed by atoms with E-state index in [0.717, 1.165) is 57.8 Å². The predicted molar refractivity (Wildman–Crippen MR) is 298 cm³/mol. The molecular weight excluding hydrogens is 853 g/mol. The fraction of sp³-hybridized carbons (Fsp3) is 0.857. The van der Waals surface area contributed by atoms with Crippen LogP contribution < -0.4 is 0 Å². The molecule has 0 spiro atoms. The largest absolute Gasteiger partial charge is 0.462 e. The average molecular weight is 970 g/mol. The lowest BCUT2D eigenvalue weighted by Gasteiger charge is -2.18. The highest BCUT2D eigenvalue weighted by Crippen LogP contribution is 2.17. The molecule has 0 heterocycles. The molecule has 1 atom stereocenters. The molecule has 0 radical (unpaired) electrons. The summed E-state index contributed by atoms with van der Waals surface area (Å²) >= 11 is 0. The lowest BCUT2D eigenvalue weighted by molar-refractivity contribution is -0.167. The lowest BCUT2D eigenvalue weighted by Crippen LogP contribution is -2.30. The van der Waals surface area contributed by atoms with E-state index in [1.807, 2.05) is 0 Å². The Bertz CT molecular complexity index is 1160. The minimum atomic E-state index is -0.794. The molecule has 0 unspecified atom stereocenters. The first-order valence-corrected chi connectivity index (χ1v) is 30.5. The Kier molecular flexibility index (Phi) is 56.2. The van der Waals surface area contributed by atoms with E-state index in [2.05, 4.69) is 57.2 Å². The third-order valence-corrected chi connectivity index (χ3v) is 13.6. The molecule has 0 aliphatic rings. The van der Waals surface area contributed by atoms with E-state index in [0.29, 0.717) is 19.3 Å². The van der Waals surface area contributed by atoms with Gasteiger partial charge in [0.25, 0.3) is 0 Å². The number of hydrogen-bond acceptors (Lipinski definition) is 6. The standard InChI is InChI=1S/C63H116O6/c1-4-7-10-13-16-19-22-25-28-30-31-33-35-38-41-44-47-50-53-56-62(65)68-59-60(58-67-61(64)55-52-49-46-43-40-37-34-27-24-21-18-15-12-9-6-3)69-63(66)57-54-51-48-45-42-39-36-32-29-26-23-20-17-14-11-8-5-2/h26,29,36,39,45,48,60H,4-25,27-28,30-35,37-38,40-44,46-47,49-59H2,1-3H3/b29-26-,39-36-,48-45-/t60-/m0/s1. The molecular formula is C63H116O6. The summed E-state index contributed by atoms with van der Waals surface area (Å²) in [5.41, 5.74) is 0. The summed E-state index contributed by atoms with van der Waals surface area (Å²) in [6, 6.07) is 0. The van der Waals surface area contributed by atoms with Gasteiger partial charge in [-0.2, -0.15) is 0 Å². The van der Waals surface area contributed by atoms with Gasteiger partial charge in [0, 0.05) is 19.3 Å². The molecule has 0 saturated heterocycles. The van der Waals surface area contributed by atoms with Crippen molar-refractivity contribution in [3.05, 3.63) is 36.5 Å². The van der Waals surface area contributed by atoms with Crippen molar-refractivity contribution in [3.8, 4) is 0 Å². The van der Waals surface area contributed by atoms with Crippen molar-refractivity contribution >= 4 is 17.9 Å². The second kappa shape index (κ2) is 58.2. The summed E-state index contributed by atoms with van der Waals surface area (Å²) in [6.45, 7) is 6.65. The van der Waals surface area contributed by atoms with Gasteiger partial charge < -0.3 is 14.2 Å². The number of carbonyl (C=O) groups is 3. The number of hydrogen-bond donors (Lipinski definition) is 0. The Labute approximate surface area is 429 Å². The van der Waals surface area contributed by atoms with E-state index in [4.69, 9.17) is 14.2 Å². The van der Waals surface area contributed by atoms with E-state index in [1.54, 1.807) is 0 Å². The van der Waals surface area contributed by atoms with Gasteiger partial charge in [0.2, 0.25) is 0 Å². The Morgan fingerprint density at radius 3 is 0.855 bits per heavy atom. The van der Waals surface area contributed by atoms with E-state index < -0.39 is 6.10 Å². The van der Waals surface area contributed by atoms with Crippen LogP contribution in [0, 0.1) is 0 Å². The maximum atomic E-state index is 12.8. The third kappa shape index (κ3) is 56.4. The molecule has 0 aliphatic heterocycles. The summed E-state index contributed by atoms with van der Waals surface area (Å²) in [4.78, 5) is 38.2. The molecule has 0 aliphatic carbocycles. The Morgan fingerprint density at radius 1 is 0.290 bits per heavy atom. The van der Waals surface area contributed by atoms with Gasteiger partial charge in [-0.15, -0.1) is 0 Å². The Balaban J connectivity index is 4.38. The molecule has 0 rings (SSSR count). The van der Waals surface area contributed by atoms with Gasteiger partial charge in [0.05, 0.1) is 0 Å². The van der Waals surface area contributed by atoms with Crippen LogP contribution in [0.5, 0.6) is 0 Å². The summed E-state index contributed by atoms with van der Waals surface area (Å²) in [7, 11) is 0. The molecule has 0 aromatic rings. The number of unbranched alkanes of at least 4 members (excludes halogenated alkanes) is 39. The van der Waals surface area contributed by atoms with Crippen molar-refractivity contribution in [3.63, 3.8) is 0 Å². The van der Waals surface area contributed by atoms with Crippen LogP contribution in [0.2, 0.25) is 0 Å². The van der Waals surface area contributed by atoms with Crippen molar-refractivity contribution in [1.29, 1.82) is 0 Å². The fourth-order valence-electron chi connectivity index (χ4n) is 9.05. The molecule has 0 aromatic carbocycles. The number of esters is 3. The molecule has 404 valence electrons. The van der Waals surface area contributed by atoms with Gasteiger partial charge in [-0.05, 0) is 51.4 Å². The molecule has 0 N–H and O–H groups in total. The highest BCUT2D eigenvalue weighted by Gasteiger charge is 2.19. The highest BCUT2D eigenvalue weighted by molar-refractivity contribution is 5.71. The van der Waals surface area contributed by atoms with Gasteiger partial charge in [-0.25, -0.2) is 0 Å². The zero-order valence-electron chi connectivity index (χ0n) is 46.3. The van der Waals surface area contributed by atoms with Crippen LogP contribution in [0.25, 0.3) is 0 Å². The van der Waals surface area contributed by atoms with E-state index in [1.165, 1.54) is 225 Å². The van der Waals surface area contributed by atoms with E-state index in [-0.39, 0.29) is 37.5 Å². The molecule has 0 aromatic heterocycles. The number of allylic oxidation sites excluding steroid dienone is 6. The number of carbonyl (C=O) groups excluding carboxylic acids is 3. The van der Waals surface area contributed by atoms with Crippen molar-refractivity contribution in [2.45, 2.75) is 335 Å². The predicted octanol–water partition coefficient (Wildman–Crippen LogP) is 20.4. The average Bonchev–Trinajstić information content (AvgIpc) is 3.35. The molecule has 0 fully saturated rings. The van der Waals surface area contributed by atoms with Crippen LogP contribution >= 0.6 is 0 Å². The zero-order chi connectivity index (χ0) is 50.0. The van der Waals surface area contributed by atoms with Crippen LogP contribution in [0.1, 0.15) is 329 Å². The minimum absolute atomic E-state index is 0.0869. The topological polar surface area (TPSA) is 78.9 Å². The number of rotatable bonds is 56. The van der Waals surface area contributed by atoms with Gasteiger partial charge in [-0.3, -0.25) is 14.4 Å². The van der Waals surface area contributed by atoms with Crippen LogP contribution in [-0.2, 0) is 28.6 Å². The van der Waals surface area contributed by atoms with Gasteiger partial charge in [0.1, 0.15) is 13.2 Å². The molecule has 69 heavy (non-hydrogen) atoms. The smallest absolute Gasteiger partial charge is 0.306 e. The molecule has 0 amide bonds. The van der Waals surface area contributed by atoms with Crippen molar-refractivity contribution in [2.24, 2.45) is 0 Å². The first-order chi connectivity index (χ1) is 34.0. The lowest BCUT2D eigenvalue weighted by atomic mass is 10.0. The van der Waals surface area contributed by atoms with Gasteiger partial charge >= 0.3 is 17.9 Å². The van der Waals surface area contributed by atoms with E-state index >= 15 is 0 Å². The maximum Gasteiger partial charge on any atom is 0.306 e. The first kappa shape index (κ1) is 66.6. The van der Waals surface area contributed by atoms with Crippen molar-refractivity contribution in [2.75, 3.05) is 13.2 Å². The highest BCUT2D eigenvalue weighted by atomic mass is 16.6. The monoisotopic (exact) mass is 969 g/mol. The van der Waals surface area contributed by atoms with Crippen LogP contribution in [-0.4, -0.2) is 37.2 Å². The molecule has 0 saturated carbocycles. The first-order valence-electron chi connectivity index (χ1n) is 30.5. The second-order valence-electron chi connectivity index (χ2n) is 20.6. The van der Waals surface area contributed by atoms with Crippen molar-refractivity contribution in [1.82, 2.24) is 0 Å². The maximum absolute atomic E-state index is 12.8. The van der Waals surface area contributed by atoms with Gasteiger partial charge in [-0.1, -0.05) is 295 Å². The van der Waals surface area contributed by atoms with Gasteiger partial charge in [0.15, 0.2) is 6.10 Å². The van der Waals surface area contributed by atoms with E-state index in [9.17, 15) is 14.4 Å². The summed E-state index contributed by atoms with van der Waals surface area (Å²) in [5, 5.41) is 0. The normalized spacial score (nSPS) is 12.2. The Hall–Kier alpha value is -2.37.